The van der Waals surface area contributed by atoms with Gasteiger partial charge in [0.2, 0.25) is 5.82 Å². The summed E-state index contributed by atoms with van der Waals surface area (Å²) < 4.78 is 0. The van der Waals surface area contributed by atoms with Gasteiger partial charge in [-0.2, -0.15) is 0 Å². The van der Waals surface area contributed by atoms with E-state index in [1.54, 1.807) is 0 Å². The Kier molecular flexibility index (Phi) is 4.75. The second kappa shape index (κ2) is 6.54. The number of hydrogen-bond acceptors (Lipinski definition) is 4. The fourth-order valence-corrected chi connectivity index (χ4v) is 2.16. The van der Waals surface area contributed by atoms with E-state index >= 15 is 0 Å². The molecule has 0 aliphatic carbocycles. The normalized spacial score (nSPS) is 12.0. The molecule has 0 aliphatic heterocycles. The topological polar surface area (TPSA) is 68.1 Å². The van der Waals surface area contributed by atoms with Crippen LogP contribution < -0.4 is 5.32 Å². The highest BCUT2D eigenvalue weighted by atomic mass is 35.5. The van der Waals surface area contributed by atoms with Gasteiger partial charge in [-0.05, 0) is 30.5 Å². The molecule has 1 heterocycles. The number of pyridine rings is 1. The van der Waals surface area contributed by atoms with Crippen LogP contribution in [0.15, 0.2) is 36.4 Å². The minimum Gasteiger partial charge on any atom is -0.358 e. The molecule has 1 atom stereocenters. The predicted octanol–water partition coefficient (Wildman–Crippen LogP) is 4.38. The number of nitro groups is 1. The summed E-state index contributed by atoms with van der Waals surface area (Å²) in [4.78, 5) is 14.5. The first-order valence-electron chi connectivity index (χ1n) is 6.67. The maximum absolute atomic E-state index is 11.0. The van der Waals surface area contributed by atoms with Gasteiger partial charge in [0.1, 0.15) is 5.15 Å². The summed E-state index contributed by atoms with van der Waals surface area (Å²) >= 11 is 5.82. The first-order chi connectivity index (χ1) is 10.0. The molecule has 6 heteroatoms. The number of rotatable bonds is 5. The maximum Gasteiger partial charge on any atom is 0.311 e. The fraction of sp³-hybridized carbons (Fsp3) is 0.267. The Balaban J connectivity index is 2.24. The lowest BCUT2D eigenvalue weighted by atomic mass is 10.0. The average Bonchev–Trinajstić information content (AvgIpc) is 2.47. The Labute approximate surface area is 128 Å². The van der Waals surface area contributed by atoms with Crippen LogP contribution in [0.4, 0.5) is 11.5 Å². The maximum atomic E-state index is 11.0. The van der Waals surface area contributed by atoms with Gasteiger partial charge in [-0.25, -0.2) is 4.98 Å². The third kappa shape index (κ3) is 3.70. The third-order valence-corrected chi connectivity index (χ3v) is 3.49. The van der Waals surface area contributed by atoms with E-state index in [2.05, 4.69) is 17.2 Å². The quantitative estimate of drug-likeness (QED) is 0.505. The minimum absolute atomic E-state index is 0.0866. The molecule has 0 spiro atoms. The minimum atomic E-state index is -0.474. The number of benzene rings is 1. The molecule has 1 N–H and O–H groups in total. The van der Waals surface area contributed by atoms with Crippen molar-refractivity contribution in [3.8, 4) is 0 Å². The summed E-state index contributed by atoms with van der Waals surface area (Å²) in [6.45, 7) is 4.02. The Morgan fingerprint density at radius 3 is 2.52 bits per heavy atom. The molecule has 21 heavy (non-hydrogen) atoms. The van der Waals surface area contributed by atoms with E-state index in [9.17, 15) is 10.1 Å². The van der Waals surface area contributed by atoms with E-state index in [1.807, 2.05) is 31.2 Å². The van der Waals surface area contributed by atoms with Crippen molar-refractivity contribution in [2.45, 2.75) is 26.3 Å². The van der Waals surface area contributed by atoms with E-state index in [1.165, 1.54) is 17.7 Å². The number of anilines is 1. The van der Waals surface area contributed by atoms with Crippen molar-refractivity contribution in [3.05, 3.63) is 62.8 Å². The molecular formula is C15H16ClN3O2. The Hall–Kier alpha value is -2.14. The number of aromatic nitrogens is 1. The third-order valence-electron chi connectivity index (χ3n) is 3.28. The van der Waals surface area contributed by atoms with Gasteiger partial charge in [-0.3, -0.25) is 10.1 Å². The lowest BCUT2D eigenvalue weighted by Gasteiger charge is -2.15. The molecule has 1 aromatic heterocycles. The molecule has 1 aromatic carbocycles. The molecule has 2 rings (SSSR count). The lowest BCUT2D eigenvalue weighted by molar-refractivity contribution is -0.384. The van der Waals surface area contributed by atoms with Crippen molar-refractivity contribution in [2.75, 3.05) is 5.32 Å². The highest BCUT2D eigenvalue weighted by Gasteiger charge is 2.18. The molecule has 110 valence electrons. The van der Waals surface area contributed by atoms with Crippen LogP contribution in [0.25, 0.3) is 0 Å². The van der Waals surface area contributed by atoms with Gasteiger partial charge in [-0.1, -0.05) is 42.8 Å². The number of halogens is 1. The van der Waals surface area contributed by atoms with Gasteiger partial charge < -0.3 is 5.32 Å². The van der Waals surface area contributed by atoms with Gasteiger partial charge in [0, 0.05) is 6.07 Å². The van der Waals surface area contributed by atoms with Crippen molar-refractivity contribution in [1.29, 1.82) is 0 Å². The van der Waals surface area contributed by atoms with Crippen molar-refractivity contribution >= 4 is 23.1 Å². The van der Waals surface area contributed by atoms with Crippen LogP contribution in [0.3, 0.4) is 0 Å². The Morgan fingerprint density at radius 1 is 1.29 bits per heavy atom. The second-order valence-electron chi connectivity index (χ2n) is 4.72. The Morgan fingerprint density at radius 2 is 1.95 bits per heavy atom. The van der Waals surface area contributed by atoms with E-state index in [0.717, 1.165) is 12.0 Å². The summed E-state index contributed by atoms with van der Waals surface area (Å²) in [6.07, 6.45) is 0.976. The van der Waals surface area contributed by atoms with Crippen molar-refractivity contribution < 1.29 is 4.92 Å². The van der Waals surface area contributed by atoms with Crippen LogP contribution in [0.1, 0.15) is 31.0 Å². The fourth-order valence-electron chi connectivity index (χ4n) is 2.01. The predicted molar refractivity (Wildman–Crippen MR) is 83.8 cm³/mol. The number of nitrogens with one attached hydrogen (secondary N) is 1. The molecular weight excluding hydrogens is 290 g/mol. The van der Waals surface area contributed by atoms with Crippen LogP contribution in [-0.2, 0) is 6.42 Å². The van der Waals surface area contributed by atoms with Gasteiger partial charge >= 0.3 is 5.69 Å². The van der Waals surface area contributed by atoms with Crippen molar-refractivity contribution in [2.24, 2.45) is 0 Å². The molecule has 5 nitrogen and oxygen atoms in total. The number of hydrogen-bond donors (Lipinski definition) is 1. The van der Waals surface area contributed by atoms with Crippen LogP contribution >= 0.6 is 11.6 Å². The molecule has 0 bridgehead atoms. The smallest absolute Gasteiger partial charge is 0.311 e. The van der Waals surface area contributed by atoms with Gasteiger partial charge in [0.05, 0.1) is 11.0 Å². The van der Waals surface area contributed by atoms with Gasteiger partial charge in [-0.15, -0.1) is 0 Å². The average molecular weight is 306 g/mol. The molecule has 0 saturated heterocycles. The number of nitrogens with zero attached hydrogens (tertiary/aromatic N) is 2. The summed E-state index contributed by atoms with van der Waals surface area (Å²) in [5, 5.41) is 14.3. The standard InChI is InChI=1S/C15H16ClN3O2/c1-3-11-4-6-12(7-5-11)10(2)17-15-13(19(20)21)8-9-14(16)18-15/h4-10H,3H2,1-2H3,(H,17,18). The van der Waals surface area contributed by atoms with E-state index in [4.69, 9.17) is 11.6 Å². The van der Waals surface area contributed by atoms with Crippen LogP contribution in [0.2, 0.25) is 5.15 Å². The highest BCUT2D eigenvalue weighted by molar-refractivity contribution is 6.29. The number of aryl methyl sites for hydroxylation is 1. The van der Waals surface area contributed by atoms with Gasteiger partial charge in [0.15, 0.2) is 0 Å². The SMILES string of the molecule is CCc1ccc(C(C)Nc2nc(Cl)ccc2[N+](=O)[O-])cc1. The van der Waals surface area contributed by atoms with E-state index in [0.29, 0.717) is 0 Å². The van der Waals surface area contributed by atoms with E-state index in [-0.39, 0.29) is 22.7 Å². The van der Waals surface area contributed by atoms with Crippen molar-refractivity contribution in [1.82, 2.24) is 4.98 Å². The molecule has 0 amide bonds. The summed E-state index contributed by atoms with van der Waals surface area (Å²) in [5.74, 6) is 0.180. The van der Waals surface area contributed by atoms with Crippen LogP contribution in [0, 0.1) is 10.1 Å². The highest BCUT2D eigenvalue weighted by Crippen LogP contribution is 2.27. The molecule has 2 aromatic rings. The molecule has 0 fully saturated rings. The van der Waals surface area contributed by atoms with Crippen LogP contribution in [0.5, 0.6) is 0 Å². The Bertz CT molecular complexity index is 644. The van der Waals surface area contributed by atoms with E-state index < -0.39 is 4.92 Å². The summed E-state index contributed by atoms with van der Waals surface area (Å²) in [6, 6.07) is 10.8. The second-order valence-corrected chi connectivity index (χ2v) is 5.11. The zero-order valence-corrected chi connectivity index (χ0v) is 12.6. The van der Waals surface area contributed by atoms with Gasteiger partial charge in [0.25, 0.3) is 0 Å². The summed E-state index contributed by atoms with van der Waals surface area (Å²) in [7, 11) is 0. The lowest BCUT2D eigenvalue weighted by Crippen LogP contribution is -2.10. The zero-order chi connectivity index (χ0) is 15.4. The monoisotopic (exact) mass is 305 g/mol. The molecule has 0 aliphatic rings. The zero-order valence-electron chi connectivity index (χ0n) is 11.8. The largest absolute Gasteiger partial charge is 0.358 e. The first-order valence-corrected chi connectivity index (χ1v) is 7.05. The first kappa shape index (κ1) is 15.3. The molecule has 1 unspecified atom stereocenters. The molecule has 0 saturated carbocycles. The van der Waals surface area contributed by atoms with Crippen molar-refractivity contribution in [3.63, 3.8) is 0 Å². The van der Waals surface area contributed by atoms with Crippen LogP contribution in [-0.4, -0.2) is 9.91 Å². The summed E-state index contributed by atoms with van der Waals surface area (Å²) in [5.41, 5.74) is 2.19. The molecule has 0 radical (unpaired) electrons.